The Balaban J connectivity index is 0.00000242. The number of nitrogens with zero attached hydrogens (tertiary/aromatic N) is 3. The zero-order chi connectivity index (χ0) is 15.3. The average molecular weight is 422 g/mol. The highest BCUT2D eigenvalue weighted by Crippen LogP contribution is 2.28. The van der Waals surface area contributed by atoms with Crippen LogP contribution in [0.25, 0.3) is 0 Å². The van der Waals surface area contributed by atoms with E-state index in [1.165, 1.54) is 38.9 Å². The molecule has 0 bridgehead atoms. The fourth-order valence-corrected chi connectivity index (χ4v) is 3.52. The third-order valence-electron chi connectivity index (χ3n) is 4.72. The van der Waals surface area contributed by atoms with Gasteiger partial charge >= 0.3 is 0 Å². The smallest absolute Gasteiger partial charge is 0.193 e. The van der Waals surface area contributed by atoms with Gasteiger partial charge in [0.15, 0.2) is 5.96 Å². The van der Waals surface area contributed by atoms with Gasteiger partial charge in [-0.05, 0) is 50.6 Å². The molecule has 0 amide bonds. The van der Waals surface area contributed by atoms with Crippen LogP contribution in [-0.2, 0) is 0 Å². The second-order valence-corrected chi connectivity index (χ2v) is 7.49. The lowest BCUT2D eigenvalue weighted by Crippen LogP contribution is -2.41. The minimum atomic E-state index is 0. The van der Waals surface area contributed by atoms with Crippen molar-refractivity contribution >= 4 is 29.9 Å². The molecule has 0 radical (unpaired) electrons. The van der Waals surface area contributed by atoms with Crippen molar-refractivity contribution in [2.24, 2.45) is 16.3 Å². The zero-order valence-corrected chi connectivity index (χ0v) is 17.2. The molecule has 2 rings (SSSR count). The maximum Gasteiger partial charge on any atom is 0.193 e. The number of nitrogens with one attached hydrogen (secondary N) is 1. The Morgan fingerprint density at radius 2 is 2.05 bits per heavy atom. The Kier molecular flexibility index (Phi) is 8.46. The highest BCUT2D eigenvalue weighted by Gasteiger charge is 2.31. The maximum absolute atomic E-state index is 4.94. The van der Waals surface area contributed by atoms with Gasteiger partial charge in [0.05, 0.1) is 0 Å². The van der Waals surface area contributed by atoms with Gasteiger partial charge in [-0.1, -0.05) is 20.8 Å². The summed E-state index contributed by atoms with van der Waals surface area (Å²) in [6.45, 7) is 17.1. The largest absolute Gasteiger partial charge is 0.357 e. The predicted molar refractivity (Wildman–Crippen MR) is 106 cm³/mol. The number of aliphatic imine (C=N–C) groups is 1. The van der Waals surface area contributed by atoms with Gasteiger partial charge in [-0.15, -0.1) is 24.0 Å². The summed E-state index contributed by atoms with van der Waals surface area (Å²) in [4.78, 5) is 9.98. The summed E-state index contributed by atoms with van der Waals surface area (Å²) >= 11 is 0. The van der Waals surface area contributed by atoms with Gasteiger partial charge in [-0.25, -0.2) is 0 Å². The summed E-state index contributed by atoms with van der Waals surface area (Å²) in [5, 5.41) is 3.48. The van der Waals surface area contributed by atoms with Gasteiger partial charge in [0.25, 0.3) is 0 Å². The Morgan fingerprint density at radius 3 is 2.64 bits per heavy atom. The topological polar surface area (TPSA) is 30.9 Å². The van der Waals surface area contributed by atoms with Crippen LogP contribution < -0.4 is 5.32 Å². The standard InChI is InChI=1S/C17H34N4.HI/c1-5-9-20-10-7-15(13-20)12-19-16(18-6-2)21-11-8-17(3,4)14-21;/h15H,5-14H2,1-4H3,(H,18,19);1H. The van der Waals surface area contributed by atoms with Crippen LogP contribution in [0.1, 0.15) is 47.0 Å². The molecule has 2 aliphatic rings. The molecule has 5 heteroatoms. The second-order valence-electron chi connectivity index (χ2n) is 7.49. The maximum atomic E-state index is 4.94. The number of guanidine groups is 1. The van der Waals surface area contributed by atoms with Gasteiger partial charge in [0.2, 0.25) is 0 Å². The molecule has 130 valence electrons. The van der Waals surface area contributed by atoms with Crippen LogP contribution in [0.4, 0.5) is 0 Å². The van der Waals surface area contributed by atoms with Crippen LogP contribution in [0.3, 0.4) is 0 Å². The highest BCUT2D eigenvalue weighted by molar-refractivity contribution is 14.0. The molecule has 0 saturated carbocycles. The molecule has 0 spiro atoms. The molecule has 4 nitrogen and oxygen atoms in total. The molecule has 22 heavy (non-hydrogen) atoms. The summed E-state index contributed by atoms with van der Waals surface area (Å²) in [5.41, 5.74) is 0.432. The third kappa shape index (κ3) is 5.87. The van der Waals surface area contributed by atoms with Crippen LogP contribution in [0.5, 0.6) is 0 Å². The molecule has 0 aliphatic carbocycles. The van der Waals surface area contributed by atoms with Gasteiger partial charge < -0.3 is 15.1 Å². The molecule has 0 aromatic rings. The number of hydrogen-bond donors (Lipinski definition) is 1. The van der Waals surface area contributed by atoms with Crippen molar-refractivity contribution in [1.82, 2.24) is 15.1 Å². The number of rotatable bonds is 5. The molecule has 2 heterocycles. The van der Waals surface area contributed by atoms with Crippen LogP contribution in [0, 0.1) is 11.3 Å². The first kappa shape index (κ1) is 20.0. The minimum absolute atomic E-state index is 0. The summed E-state index contributed by atoms with van der Waals surface area (Å²) in [7, 11) is 0. The Bertz CT molecular complexity index is 357. The molecule has 2 saturated heterocycles. The van der Waals surface area contributed by atoms with E-state index in [2.05, 4.69) is 42.8 Å². The Hall–Kier alpha value is -0.0400. The van der Waals surface area contributed by atoms with Crippen molar-refractivity contribution in [3.63, 3.8) is 0 Å². The van der Waals surface area contributed by atoms with Gasteiger partial charge in [-0.3, -0.25) is 4.99 Å². The molecule has 1 atom stereocenters. The van der Waals surface area contributed by atoms with Gasteiger partial charge in [-0.2, -0.15) is 0 Å². The van der Waals surface area contributed by atoms with E-state index in [9.17, 15) is 0 Å². The van der Waals surface area contributed by atoms with Crippen molar-refractivity contribution in [1.29, 1.82) is 0 Å². The quantitative estimate of drug-likeness (QED) is 0.420. The second kappa shape index (κ2) is 9.30. The molecule has 2 aliphatic heterocycles. The molecule has 0 aromatic heterocycles. The average Bonchev–Trinajstić information content (AvgIpc) is 3.01. The first-order chi connectivity index (χ1) is 10.0. The summed E-state index contributed by atoms with van der Waals surface area (Å²) < 4.78 is 0. The number of likely N-dealkylation sites (tertiary alicyclic amines) is 2. The van der Waals surface area contributed by atoms with Crippen LogP contribution in [0.15, 0.2) is 4.99 Å². The number of hydrogen-bond acceptors (Lipinski definition) is 2. The van der Waals surface area contributed by atoms with Crippen molar-refractivity contribution in [3.05, 3.63) is 0 Å². The monoisotopic (exact) mass is 422 g/mol. The third-order valence-corrected chi connectivity index (χ3v) is 4.72. The van der Waals surface area contributed by atoms with E-state index in [4.69, 9.17) is 4.99 Å². The molecule has 1 N–H and O–H groups in total. The molecular formula is C17H35IN4. The van der Waals surface area contributed by atoms with Gasteiger partial charge in [0.1, 0.15) is 0 Å². The summed E-state index contributed by atoms with van der Waals surface area (Å²) in [6.07, 6.45) is 3.85. The lowest BCUT2D eigenvalue weighted by Gasteiger charge is -2.24. The summed E-state index contributed by atoms with van der Waals surface area (Å²) in [5.74, 6) is 1.89. The van der Waals surface area contributed by atoms with Gasteiger partial charge in [0, 0.05) is 32.7 Å². The molecule has 0 aromatic carbocycles. The first-order valence-corrected chi connectivity index (χ1v) is 8.79. The van der Waals surface area contributed by atoms with Crippen LogP contribution in [-0.4, -0.2) is 61.6 Å². The molecular weight excluding hydrogens is 387 g/mol. The normalized spacial score (nSPS) is 25.4. The van der Waals surface area contributed by atoms with Crippen molar-refractivity contribution in [3.8, 4) is 0 Å². The lowest BCUT2D eigenvalue weighted by atomic mass is 9.93. The lowest BCUT2D eigenvalue weighted by molar-refractivity contribution is 0.325. The van der Waals surface area contributed by atoms with E-state index in [0.717, 1.165) is 38.1 Å². The van der Waals surface area contributed by atoms with Crippen molar-refractivity contribution in [2.45, 2.75) is 47.0 Å². The van der Waals surface area contributed by atoms with E-state index in [1.807, 2.05) is 0 Å². The first-order valence-electron chi connectivity index (χ1n) is 8.79. The van der Waals surface area contributed by atoms with Crippen molar-refractivity contribution < 1.29 is 0 Å². The number of halogens is 1. The van der Waals surface area contributed by atoms with Crippen LogP contribution in [0.2, 0.25) is 0 Å². The van der Waals surface area contributed by atoms with E-state index in [-0.39, 0.29) is 24.0 Å². The van der Waals surface area contributed by atoms with E-state index in [1.54, 1.807) is 0 Å². The summed E-state index contributed by atoms with van der Waals surface area (Å²) in [6, 6.07) is 0. The predicted octanol–water partition coefficient (Wildman–Crippen LogP) is 3.03. The minimum Gasteiger partial charge on any atom is -0.357 e. The zero-order valence-electron chi connectivity index (χ0n) is 14.9. The fraction of sp³-hybridized carbons (Fsp3) is 0.941. The van der Waals surface area contributed by atoms with E-state index in [0.29, 0.717) is 5.41 Å². The van der Waals surface area contributed by atoms with Crippen LogP contribution >= 0.6 is 24.0 Å². The SMILES string of the molecule is CCCN1CCC(CN=C(NCC)N2CCC(C)(C)C2)C1.I. The Morgan fingerprint density at radius 1 is 1.27 bits per heavy atom. The van der Waals surface area contributed by atoms with Crippen molar-refractivity contribution in [2.75, 3.05) is 45.8 Å². The Labute approximate surface area is 154 Å². The van der Waals surface area contributed by atoms with E-state index >= 15 is 0 Å². The fourth-order valence-electron chi connectivity index (χ4n) is 3.52. The molecule has 1 unspecified atom stereocenters. The van der Waals surface area contributed by atoms with E-state index < -0.39 is 0 Å². The highest BCUT2D eigenvalue weighted by atomic mass is 127. The molecule has 2 fully saturated rings.